The number of nitrogens with one attached hydrogen (secondary N) is 3. The van der Waals surface area contributed by atoms with E-state index in [1.54, 1.807) is 0 Å². The number of rotatable bonds is 11. The van der Waals surface area contributed by atoms with Crippen molar-refractivity contribution in [3.8, 4) is 0 Å². The first-order chi connectivity index (χ1) is 24.1. The van der Waals surface area contributed by atoms with Crippen LogP contribution in [0.15, 0.2) is 158 Å². The van der Waals surface area contributed by atoms with E-state index >= 15 is 0 Å². The largest absolute Gasteiger partial charge is 0.457 e. The van der Waals surface area contributed by atoms with Gasteiger partial charge in [-0.3, -0.25) is 0 Å². The number of hydrogen-bond donors (Lipinski definition) is 3. The van der Waals surface area contributed by atoms with Crippen molar-refractivity contribution in [3.63, 3.8) is 0 Å². The second-order valence-corrected chi connectivity index (χ2v) is 12.6. The number of carbonyl (C=O) groups is 1. The number of ether oxygens (including phenoxy) is 1. The van der Waals surface area contributed by atoms with Crippen molar-refractivity contribution in [1.82, 2.24) is 0 Å². The van der Waals surface area contributed by atoms with E-state index in [9.17, 15) is 4.79 Å². The van der Waals surface area contributed by atoms with Crippen LogP contribution in [0.3, 0.4) is 0 Å². The van der Waals surface area contributed by atoms with Crippen molar-refractivity contribution >= 4 is 45.2 Å². The Kier molecular flexibility index (Phi) is 9.70. The van der Waals surface area contributed by atoms with E-state index in [1.807, 2.05) is 36.4 Å². The molecule has 0 spiro atoms. The van der Waals surface area contributed by atoms with Gasteiger partial charge in [0, 0.05) is 45.8 Å². The van der Waals surface area contributed by atoms with E-state index in [0.29, 0.717) is 0 Å². The summed E-state index contributed by atoms with van der Waals surface area (Å²) in [7, 11) is 0. The minimum Gasteiger partial charge on any atom is -0.457 e. The predicted molar refractivity (Wildman–Crippen MR) is 203 cm³/mol. The first kappa shape index (κ1) is 31.8. The van der Waals surface area contributed by atoms with Crippen LogP contribution in [-0.4, -0.2) is 18.1 Å². The summed E-state index contributed by atoms with van der Waals surface area (Å²) in [4.78, 5) is 12.1. The molecule has 5 nitrogen and oxygen atoms in total. The zero-order valence-corrected chi connectivity index (χ0v) is 27.5. The third-order valence-electron chi connectivity index (χ3n) is 9.36. The molecular formula is C44H41N3O2. The fraction of sp³-hybridized carbons (Fsp3) is 0.159. The smallest absolute Gasteiger partial charge is 0.330 e. The molecule has 244 valence electrons. The Labute approximate surface area is 288 Å². The van der Waals surface area contributed by atoms with Gasteiger partial charge in [-0.25, -0.2) is 4.79 Å². The van der Waals surface area contributed by atoms with Gasteiger partial charge in [0.25, 0.3) is 0 Å². The molecule has 0 radical (unpaired) electrons. The van der Waals surface area contributed by atoms with Crippen molar-refractivity contribution in [1.29, 1.82) is 0 Å². The molecule has 6 aromatic carbocycles. The normalized spacial score (nSPS) is 15.8. The van der Waals surface area contributed by atoms with Crippen LogP contribution in [0.4, 0.5) is 28.4 Å². The van der Waals surface area contributed by atoms with Crippen molar-refractivity contribution in [2.75, 3.05) is 16.0 Å². The number of carbonyl (C=O) groups excluding carboxylic acids is 1. The molecular weight excluding hydrogens is 603 g/mol. The van der Waals surface area contributed by atoms with Gasteiger partial charge in [-0.15, -0.1) is 0 Å². The topological polar surface area (TPSA) is 62.4 Å². The highest BCUT2D eigenvalue weighted by molar-refractivity contribution is 5.97. The fourth-order valence-corrected chi connectivity index (χ4v) is 6.95. The van der Waals surface area contributed by atoms with E-state index in [-0.39, 0.29) is 24.0 Å². The molecule has 0 saturated heterocycles. The van der Waals surface area contributed by atoms with Crippen LogP contribution in [0.2, 0.25) is 0 Å². The summed E-state index contributed by atoms with van der Waals surface area (Å²) in [5.74, 6) is -0.372. The summed E-state index contributed by atoms with van der Waals surface area (Å²) in [6, 6.07) is 51.1. The summed E-state index contributed by atoms with van der Waals surface area (Å²) in [6.45, 7) is 3.60. The van der Waals surface area contributed by atoms with Gasteiger partial charge in [0.1, 0.15) is 6.10 Å². The van der Waals surface area contributed by atoms with Crippen LogP contribution in [0, 0.1) is 0 Å². The fourth-order valence-electron chi connectivity index (χ4n) is 6.95. The number of benzene rings is 6. The maximum atomic E-state index is 12.1. The lowest BCUT2D eigenvalue weighted by atomic mass is 9.82. The second kappa shape index (κ2) is 15.0. The molecule has 6 aromatic rings. The van der Waals surface area contributed by atoms with Crippen LogP contribution >= 0.6 is 0 Å². The zero-order chi connectivity index (χ0) is 33.4. The molecule has 0 amide bonds. The molecule has 2 atom stereocenters. The Morgan fingerprint density at radius 1 is 0.612 bits per heavy atom. The van der Waals surface area contributed by atoms with Gasteiger partial charge < -0.3 is 20.7 Å². The van der Waals surface area contributed by atoms with Gasteiger partial charge in [0.05, 0.1) is 6.04 Å². The second-order valence-electron chi connectivity index (χ2n) is 12.6. The molecule has 0 bridgehead atoms. The van der Waals surface area contributed by atoms with E-state index < -0.39 is 0 Å². The van der Waals surface area contributed by atoms with Gasteiger partial charge in [0.15, 0.2) is 0 Å². The third-order valence-corrected chi connectivity index (χ3v) is 9.36. The average molecular weight is 644 g/mol. The Hall–Kier alpha value is -5.81. The van der Waals surface area contributed by atoms with Crippen molar-refractivity contribution in [2.45, 2.75) is 43.7 Å². The van der Waals surface area contributed by atoms with Crippen LogP contribution in [0.5, 0.6) is 0 Å². The maximum absolute atomic E-state index is 12.1. The molecule has 1 aliphatic carbocycles. The number of esters is 1. The van der Waals surface area contributed by atoms with Crippen molar-refractivity contribution in [2.24, 2.45) is 0 Å². The minimum absolute atomic E-state index is 0.00789. The summed E-state index contributed by atoms with van der Waals surface area (Å²) in [5, 5.41) is 13.2. The average Bonchev–Trinajstić information content (AvgIpc) is 3.15. The highest BCUT2D eigenvalue weighted by Gasteiger charge is 2.29. The van der Waals surface area contributed by atoms with Crippen LogP contribution in [0.25, 0.3) is 10.8 Å². The Bertz CT molecular complexity index is 1920. The van der Waals surface area contributed by atoms with Gasteiger partial charge >= 0.3 is 5.97 Å². The zero-order valence-electron chi connectivity index (χ0n) is 27.5. The highest BCUT2D eigenvalue weighted by atomic mass is 16.5. The number of para-hydroxylation sites is 2. The number of fused-ring (bicyclic) bond motifs is 1. The Morgan fingerprint density at radius 3 is 1.69 bits per heavy atom. The molecule has 5 heteroatoms. The molecule has 1 saturated carbocycles. The van der Waals surface area contributed by atoms with Crippen molar-refractivity contribution < 1.29 is 9.53 Å². The van der Waals surface area contributed by atoms with Crippen LogP contribution in [0.1, 0.15) is 48.3 Å². The SMILES string of the molecule is C=CC(=O)OC1CCCCC1Nc1ccc(C(c2ccc(Nc3ccccc3)cc2)c2ccc(Nc3ccccc3)cc2)c2ccccc12. The van der Waals surface area contributed by atoms with E-state index in [0.717, 1.165) is 59.5 Å². The van der Waals surface area contributed by atoms with E-state index in [1.165, 1.54) is 28.2 Å². The van der Waals surface area contributed by atoms with Crippen molar-refractivity contribution in [3.05, 3.63) is 175 Å². The number of anilines is 5. The van der Waals surface area contributed by atoms with Gasteiger partial charge in [0.2, 0.25) is 0 Å². The Balaban J connectivity index is 1.25. The molecule has 1 fully saturated rings. The Morgan fingerprint density at radius 2 is 1.12 bits per heavy atom. The van der Waals surface area contributed by atoms with Gasteiger partial charge in [-0.2, -0.15) is 0 Å². The molecule has 49 heavy (non-hydrogen) atoms. The number of hydrogen-bond acceptors (Lipinski definition) is 5. The lowest BCUT2D eigenvalue weighted by Crippen LogP contribution is -2.39. The lowest BCUT2D eigenvalue weighted by molar-refractivity contribution is -0.144. The maximum Gasteiger partial charge on any atom is 0.330 e. The molecule has 0 aliphatic heterocycles. The quantitative estimate of drug-likeness (QED) is 0.0745. The third kappa shape index (κ3) is 7.52. The van der Waals surface area contributed by atoms with Gasteiger partial charge in [-0.05, 0) is 95.9 Å². The van der Waals surface area contributed by atoms with Gasteiger partial charge in [-0.1, -0.05) is 104 Å². The molecule has 2 unspecified atom stereocenters. The van der Waals surface area contributed by atoms with E-state index in [2.05, 4.69) is 132 Å². The monoisotopic (exact) mass is 643 g/mol. The van der Waals surface area contributed by atoms with Crippen LogP contribution in [-0.2, 0) is 9.53 Å². The summed E-state index contributed by atoms with van der Waals surface area (Å²) in [6.07, 6.45) is 5.01. The minimum atomic E-state index is -0.364. The highest BCUT2D eigenvalue weighted by Crippen LogP contribution is 2.40. The molecule has 1 aliphatic rings. The van der Waals surface area contributed by atoms with Crippen LogP contribution < -0.4 is 16.0 Å². The summed E-state index contributed by atoms with van der Waals surface area (Å²) >= 11 is 0. The summed E-state index contributed by atoms with van der Waals surface area (Å²) < 4.78 is 5.78. The lowest BCUT2D eigenvalue weighted by Gasteiger charge is -2.33. The molecule has 0 aromatic heterocycles. The molecule has 7 rings (SSSR count). The first-order valence-electron chi connectivity index (χ1n) is 17.1. The standard InChI is InChI=1S/C44H41N3O2/c1-2-43(48)49-42-20-12-11-19-41(42)47-40-30-29-39(37-17-9-10-18-38(37)40)44(31-21-25-35(26-22-31)45-33-13-5-3-6-14-33)32-23-27-36(28-24-32)46-34-15-7-4-8-16-34/h2-10,13-18,21-30,41-42,44-47H,1,11-12,19-20H2. The van der Waals surface area contributed by atoms with E-state index in [4.69, 9.17) is 4.74 Å². The first-order valence-corrected chi connectivity index (χ1v) is 17.1. The molecule has 3 N–H and O–H groups in total. The summed E-state index contributed by atoms with van der Waals surface area (Å²) in [5.41, 5.74) is 8.89. The predicted octanol–water partition coefficient (Wildman–Crippen LogP) is 11.0. The molecule has 0 heterocycles.